The molecule has 108 valence electrons. The Bertz CT molecular complexity index is 837. The Morgan fingerprint density at radius 2 is 1.68 bits per heavy atom. The maximum absolute atomic E-state index is 10.9. The zero-order valence-corrected chi connectivity index (χ0v) is 12.5. The summed E-state index contributed by atoms with van der Waals surface area (Å²) in [5.41, 5.74) is 5.69. The lowest BCUT2D eigenvalue weighted by molar-refractivity contribution is 0.0973. The minimum Gasteiger partial charge on any atom is -0.379 e. The van der Waals surface area contributed by atoms with Gasteiger partial charge in [0, 0.05) is 6.20 Å². The van der Waals surface area contributed by atoms with Crippen LogP contribution in [0.3, 0.4) is 0 Å². The van der Waals surface area contributed by atoms with E-state index in [0.29, 0.717) is 5.69 Å². The minimum atomic E-state index is -1.08. The molecule has 1 aromatic heterocycles. The van der Waals surface area contributed by atoms with Crippen molar-refractivity contribution in [2.75, 3.05) is 0 Å². The third-order valence-corrected chi connectivity index (χ3v) is 4.52. The molecule has 2 heteroatoms. The van der Waals surface area contributed by atoms with E-state index in [9.17, 15) is 5.11 Å². The Morgan fingerprint density at radius 1 is 0.909 bits per heavy atom. The van der Waals surface area contributed by atoms with Crippen molar-refractivity contribution in [1.82, 2.24) is 4.98 Å². The summed E-state index contributed by atoms with van der Waals surface area (Å²) >= 11 is 0. The highest BCUT2D eigenvalue weighted by molar-refractivity contribution is 5.77. The van der Waals surface area contributed by atoms with Gasteiger partial charge in [0.15, 0.2) is 0 Å². The number of aliphatic hydroxyl groups is 1. The second-order valence-corrected chi connectivity index (χ2v) is 5.99. The predicted molar refractivity (Wildman–Crippen MR) is 87.6 cm³/mol. The first kappa shape index (κ1) is 13.2. The predicted octanol–water partition coefficient (Wildman–Crippen LogP) is 3.91. The molecule has 1 N–H and O–H groups in total. The number of hydrogen-bond acceptors (Lipinski definition) is 2. The van der Waals surface area contributed by atoms with Crippen LogP contribution in [-0.4, -0.2) is 10.1 Å². The molecule has 0 aliphatic heterocycles. The molecule has 1 aliphatic rings. The molecule has 0 fully saturated rings. The average Bonchev–Trinajstić information content (AvgIpc) is 2.93. The van der Waals surface area contributed by atoms with Crippen molar-refractivity contribution in [1.29, 1.82) is 0 Å². The van der Waals surface area contributed by atoms with Crippen LogP contribution in [0.1, 0.15) is 29.3 Å². The molecule has 1 heterocycles. The third kappa shape index (κ3) is 1.96. The van der Waals surface area contributed by atoms with Gasteiger partial charge in [-0.2, -0.15) is 0 Å². The van der Waals surface area contributed by atoms with E-state index in [0.717, 1.165) is 12.0 Å². The van der Waals surface area contributed by atoms with Crippen molar-refractivity contribution in [2.24, 2.45) is 0 Å². The standard InChI is InChI=1S/C20H17NO/c1-20(22,19-8-4-5-11-21-19)16-9-10-18-15(13-16)12-14-6-2-3-7-17(14)18/h2-11,13,22H,12H2,1H3. The molecular formula is C20H17NO. The smallest absolute Gasteiger partial charge is 0.129 e. The lowest BCUT2D eigenvalue weighted by atomic mass is 9.89. The van der Waals surface area contributed by atoms with E-state index in [4.69, 9.17) is 0 Å². The van der Waals surface area contributed by atoms with Gasteiger partial charge in [0.2, 0.25) is 0 Å². The van der Waals surface area contributed by atoms with E-state index in [1.165, 1.54) is 22.3 Å². The van der Waals surface area contributed by atoms with Gasteiger partial charge in [0.25, 0.3) is 0 Å². The van der Waals surface area contributed by atoms with Crippen LogP contribution in [0.25, 0.3) is 11.1 Å². The third-order valence-electron chi connectivity index (χ3n) is 4.52. The van der Waals surface area contributed by atoms with Gasteiger partial charge in [0.05, 0.1) is 5.69 Å². The van der Waals surface area contributed by atoms with Crippen molar-refractivity contribution in [3.05, 3.63) is 89.2 Å². The van der Waals surface area contributed by atoms with Gasteiger partial charge in [-0.1, -0.05) is 48.5 Å². The highest BCUT2D eigenvalue weighted by Crippen LogP contribution is 2.39. The monoisotopic (exact) mass is 287 g/mol. The molecule has 0 saturated heterocycles. The van der Waals surface area contributed by atoms with Gasteiger partial charge >= 0.3 is 0 Å². The Balaban J connectivity index is 1.79. The zero-order chi connectivity index (χ0) is 15.2. The highest BCUT2D eigenvalue weighted by atomic mass is 16.3. The molecule has 3 aromatic rings. The lowest BCUT2D eigenvalue weighted by Crippen LogP contribution is -2.24. The Morgan fingerprint density at radius 3 is 2.50 bits per heavy atom. The quantitative estimate of drug-likeness (QED) is 0.606. The van der Waals surface area contributed by atoms with Crippen LogP contribution in [-0.2, 0) is 12.0 Å². The van der Waals surface area contributed by atoms with Crippen LogP contribution in [0.15, 0.2) is 66.9 Å². The molecule has 0 bridgehead atoms. The van der Waals surface area contributed by atoms with E-state index in [1.54, 1.807) is 13.1 Å². The molecule has 0 radical (unpaired) electrons. The largest absolute Gasteiger partial charge is 0.379 e. The molecule has 1 atom stereocenters. The molecule has 1 unspecified atom stereocenters. The first-order valence-electron chi connectivity index (χ1n) is 7.52. The SMILES string of the molecule is CC(O)(c1ccc2c(c1)Cc1ccccc1-2)c1ccccn1. The number of fused-ring (bicyclic) bond motifs is 3. The maximum atomic E-state index is 10.9. The summed E-state index contributed by atoms with van der Waals surface area (Å²) in [4.78, 5) is 4.31. The number of hydrogen-bond donors (Lipinski definition) is 1. The van der Waals surface area contributed by atoms with E-state index >= 15 is 0 Å². The van der Waals surface area contributed by atoms with Gasteiger partial charge in [0.1, 0.15) is 5.60 Å². The lowest BCUT2D eigenvalue weighted by Gasteiger charge is -2.24. The van der Waals surface area contributed by atoms with Crippen LogP contribution in [0.5, 0.6) is 0 Å². The van der Waals surface area contributed by atoms with Crippen LogP contribution >= 0.6 is 0 Å². The topological polar surface area (TPSA) is 33.1 Å². The van der Waals surface area contributed by atoms with Gasteiger partial charge in [-0.3, -0.25) is 4.98 Å². The summed E-state index contributed by atoms with van der Waals surface area (Å²) < 4.78 is 0. The van der Waals surface area contributed by atoms with Gasteiger partial charge < -0.3 is 5.11 Å². The fourth-order valence-electron chi connectivity index (χ4n) is 3.25. The minimum absolute atomic E-state index is 0.672. The summed E-state index contributed by atoms with van der Waals surface area (Å²) in [5.74, 6) is 0. The van der Waals surface area contributed by atoms with Gasteiger partial charge in [-0.05, 0) is 53.3 Å². The van der Waals surface area contributed by atoms with E-state index in [2.05, 4.69) is 41.4 Å². The van der Waals surface area contributed by atoms with Gasteiger partial charge in [-0.25, -0.2) is 0 Å². The molecule has 1 aliphatic carbocycles. The molecule has 2 aromatic carbocycles. The normalized spacial score (nSPS) is 15.0. The van der Waals surface area contributed by atoms with Crippen molar-refractivity contribution in [2.45, 2.75) is 18.9 Å². The summed E-state index contributed by atoms with van der Waals surface area (Å²) in [6.07, 6.45) is 2.64. The maximum Gasteiger partial charge on any atom is 0.129 e. The van der Waals surface area contributed by atoms with Crippen LogP contribution in [0.4, 0.5) is 0 Å². The number of rotatable bonds is 2. The van der Waals surface area contributed by atoms with E-state index < -0.39 is 5.60 Å². The number of nitrogens with zero attached hydrogens (tertiary/aromatic N) is 1. The van der Waals surface area contributed by atoms with Crippen molar-refractivity contribution in [3.8, 4) is 11.1 Å². The van der Waals surface area contributed by atoms with Crippen molar-refractivity contribution >= 4 is 0 Å². The first-order valence-corrected chi connectivity index (χ1v) is 7.52. The molecule has 0 saturated carbocycles. The second-order valence-electron chi connectivity index (χ2n) is 5.99. The molecule has 2 nitrogen and oxygen atoms in total. The average molecular weight is 287 g/mol. The fraction of sp³-hybridized carbons (Fsp3) is 0.150. The van der Waals surface area contributed by atoms with Crippen molar-refractivity contribution < 1.29 is 5.11 Å². The summed E-state index contributed by atoms with van der Waals surface area (Å²) in [6.45, 7) is 1.80. The summed E-state index contributed by atoms with van der Waals surface area (Å²) in [5, 5.41) is 10.9. The molecule has 0 spiro atoms. The van der Waals surface area contributed by atoms with Crippen LogP contribution in [0.2, 0.25) is 0 Å². The Kier molecular flexibility index (Phi) is 2.88. The highest BCUT2D eigenvalue weighted by Gasteiger charge is 2.29. The molecule has 0 amide bonds. The van der Waals surface area contributed by atoms with Gasteiger partial charge in [-0.15, -0.1) is 0 Å². The van der Waals surface area contributed by atoms with Crippen LogP contribution < -0.4 is 0 Å². The fourth-order valence-corrected chi connectivity index (χ4v) is 3.25. The molecular weight excluding hydrogens is 270 g/mol. The first-order chi connectivity index (χ1) is 10.7. The second kappa shape index (κ2) is 4.79. The molecule has 4 rings (SSSR count). The van der Waals surface area contributed by atoms with E-state index in [1.807, 2.05) is 24.3 Å². The van der Waals surface area contributed by atoms with E-state index in [-0.39, 0.29) is 0 Å². The Labute approximate surface area is 130 Å². The summed E-state index contributed by atoms with van der Waals surface area (Å²) in [7, 11) is 0. The zero-order valence-electron chi connectivity index (χ0n) is 12.5. The Hall–Kier alpha value is -2.45. The van der Waals surface area contributed by atoms with Crippen LogP contribution in [0, 0.1) is 0 Å². The number of pyridine rings is 1. The summed E-state index contributed by atoms with van der Waals surface area (Å²) in [6, 6.07) is 20.4. The number of benzene rings is 2. The van der Waals surface area contributed by atoms with Crippen molar-refractivity contribution in [3.63, 3.8) is 0 Å². The number of aromatic nitrogens is 1. The molecule has 22 heavy (non-hydrogen) atoms.